The van der Waals surface area contributed by atoms with Gasteiger partial charge in [0.15, 0.2) is 10.9 Å². The normalized spacial score (nSPS) is 14.5. The Morgan fingerprint density at radius 1 is 1.32 bits per heavy atom. The standard InChI is InChI=1S/C13H14N2O4S3/c1-9(16)21-8-12(17)10-2-4-11(5-3-10)15-22(18,19)13-14-6-7-20-13/h2-5,15H,6-8H2,1H3. The third-order valence-electron chi connectivity index (χ3n) is 2.65. The maximum absolute atomic E-state index is 12.0. The molecule has 1 aliphatic heterocycles. The van der Waals surface area contributed by atoms with Crippen molar-refractivity contribution in [1.29, 1.82) is 0 Å². The zero-order chi connectivity index (χ0) is 16.2. The molecule has 118 valence electrons. The lowest BCUT2D eigenvalue weighted by molar-refractivity contribution is -0.109. The van der Waals surface area contributed by atoms with Gasteiger partial charge < -0.3 is 0 Å². The van der Waals surface area contributed by atoms with Crippen molar-refractivity contribution < 1.29 is 18.0 Å². The van der Waals surface area contributed by atoms with Crippen LogP contribution in [0.2, 0.25) is 0 Å². The van der Waals surface area contributed by atoms with Crippen LogP contribution in [0.3, 0.4) is 0 Å². The fourth-order valence-electron chi connectivity index (χ4n) is 1.65. The molecule has 1 heterocycles. The molecule has 0 saturated heterocycles. The summed E-state index contributed by atoms with van der Waals surface area (Å²) in [5, 5.41) is -0.118. The quantitative estimate of drug-likeness (QED) is 0.809. The first kappa shape index (κ1) is 17.0. The summed E-state index contributed by atoms with van der Waals surface area (Å²) in [5.74, 6) is 0.566. The molecule has 9 heteroatoms. The van der Waals surface area contributed by atoms with Gasteiger partial charge in [-0.2, -0.15) is 8.42 Å². The van der Waals surface area contributed by atoms with Crippen LogP contribution in [-0.2, 0) is 14.8 Å². The number of aliphatic imine (C=N–C) groups is 1. The van der Waals surface area contributed by atoms with E-state index in [9.17, 15) is 18.0 Å². The molecule has 0 unspecified atom stereocenters. The molecule has 0 radical (unpaired) electrons. The first-order valence-corrected chi connectivity index (χ1v) is 9.80. The van der Waals surface area contributed by atoms with Crippen LogP contribution >= 0.6 is 23.5 Å². The summed E-state index contributed by atoms with van der Waals surface area (Å²) < 4.78 is 26.6. The highest BCUT2D eigenvalue weighted by Gasteiger charge is 2.23. The van der Waals surface area contributed by atoms with Crippen molar-refractivity contribution in [2.24, 2.45) is 4.99 Å². The number of carbonyl (C=O) groups excluding carboxylic acids is 2. The summed E-state index contributed by atoms with van der Waals surface area (Å²) in [6.07, 6.45) is 0. The number of Topliss-reactive ketones (excluding diaryl/α,β-unsaturated/α-hetero) is 1. The van der Waals surface area contributed by atoms with Crippen molar-refractivity contribution in [1.82, 2.24) is 0 Å². The topological polar surface area (TPSA) is 92.7 Å². The van der Waals surface area contributed by atoms with E-state index in [1.54, 1.807) is 0 Å². The van der Waals surface area contributed by atoms with Gasteiger partial charge in [0.25, 0.3) is 10.0 Å². The maximum atomic E-state index is 12.0. The molecule has 0 spiro atoms. The average Bonchev–Trinajstić information content (AvgIpc) is 3.00. The molecule has 2 rings (SSSR count). The Hall–Kier alpha value is -1.32. The maximum Gasteiger partial charge on any atom is 0.285 e. The van der Waals surface area contributed by atoms with Crippen molar-refractivity contribution in [3.63, 3.8) is 0 Å². The predicted octanol–water partition coefficient (Wildman–Crippen LogP) is 1.99. The Bertz CT molecular complexity index is 711. The molecular formula is C13H14N2O4S3. The number of anilines is 1. The van der Waals surface area contributed by atoms with Crippen LogP contribution in [0.1, 0.15) is 17.3 Å². The van der Waals surface area contributed by atoms with Gasteiger partial charge in [-0.3, -0.25) is 19.3 Å². The van der Waals surface area contributed by atoms with Crippen molar-refractivity contribution in [3.05, 3.63) is 29.8 Å². The Morgan fingerprint density at radius 3 is 2.55 bits per heavy atom. The van der Waals surface area contributed by atoms with E-state index in [-0.39, 0.29) is 21.0 Å². The first-order valence-electron chi connectivity index (χ1n) is 6.35. The number of benzene rings is 1. The Kier molecular flexibility index (Phi) is 5.65. The van der Waals surface area contributed by atoms with Crippen molar-refractivity contribution in [3.8, 4) is 0 Å². The minimum Gasteiger partial charge on any atom is -0.293 e. The summed E-state index contributed by atoms with van der Waals surface area (Å²) >= 11 is 2.14. The smallest absolute Gasteiger partial charge is 0.285 e. The lowest BCUT2D eigenvalue weighted by Crippen LogP contribution is -2.19. The molecule has 0 atom stereocenters. The number of hydrogen-bond acceptors (Lipinski definition) is 7. The van der Waals surface area contributed by atoms with Crippen molar-refractivity contribution in [2.75, 3.05) is 22.8 Å². The van der Waals surface area contributed by atoms with E-state index in [1.165, 1.54) is 43.0 Å². The third kappa shape index (κ3) is 4.59. The molecule has 1 aromatic rings. The van der Waals surface area contributed by atoms with Crippen LogP contribution in [0.4, 0.5) is 5.69 Å². The molecule has 0 bridgehead atoms. The molecular weight excluding hydrogens is 344 g/mol. The van der Waals surface area contributed by atoms with E-state index in [0.29, 0.717) is 23.5 Å². The average molecular weight is 358 g/mol. The lowest BCUT2D eigenvalue weighted by atomic mass is 10.1. The van der Waals surface area contributed by atoms with Crippen LogP contribution in [0.15, 0.2) is 29.3 Å². The minimum atomic E-state index is -3.64. The van der Waals surface area contributed by atoms with Crippen LogP contribution < -0.4 is 4.72 Å². The van der Waals surface area contributed by atoms with Gasteiger partial charge in [0.05, 0.1) is 12.3 Å². The minimum absolute atomic E-state index is 0.0772. The Morgan fingerprint density at radius 2 is 2.00 bits per heavy atom. The zero-order valence-corrected chi connectivity index (χ0v) is 14.2. The lowest BCUT2D eigenvalue weighted by Gasteiger charge is -2.07. The number of ketones is 1. The summed E-state index contributed by atoms with van der Waals surface area (Å²) in [6, 6.07) is 6.10. The van der Waals surface area contributed by atoms with Crippen molar-refractivity contribution >= 4 is 54.5 Å². The summed E-state index contributed by atoms with van der Waals surface area (Å²) in [5.41, 5.74) is 0.801. The first-order chi connectivity index (χ1) is 10.4. The van der Waals surface area contributed by atoms with Crippen LogP contribution in [0, 0.1) is 0 Å². The van der Waals surface area contributed by atoms with E-state index in [4.69, 9.17) is 0 Å². The van der Waals surface area contributed by atoms with E-state index in [0.717, 1.165) is 11.8 Å². The Balaban J connectivity index is 2.03. The largest absolute Gasteiger partial charge is 0.293 e. The van der Waals surface area contributed by atoms with Gasteiger partial charge in [0, 0.05) is 23.9 Å². The highest BCUT2D eigenvalue weighted by Crippen LogP contribution is 2.20. The van der Waals surface area contributed by atoms with Crippen LogP contribution in [0.5, 0.6) is 0 Å². The molecule has 0 fully saturated rings. The van der Waals surface area contributed by atoms with E-state index in [1.807, 2.05) is 0 Å². The highest BCUT2D eigenvalue weighted by molar-refractivity contribution is 8.36. The van der Waals surface area contributed by atoms with Crippen LogP contribution in [-0.4, -0.2) is 41.7 Å². The highest BCUT2D eigenvalue weighted by atomic mass is 32.3. The Labute approximate surface area is 137 Å². The van der Waals surface area contributed by atoms with E-state index < -0.39 is 10.0 Å². The van der Waals surface area contributed by atoms with Crippen molar-refractivity contribution in [2.45, 2.75) is 6.92 Å². The number of hydrogen-bond donors (Lipinski definition) is 1. The fraction of sp³-hybridized carbons (Fsp3) is 0.308. The summed E-state index contributed by atoms with van der Waals surface area (Å²) in [6.45, 7) is 1.90. The second kappa shape index (κ2) is 7.30. The molecule has 1 N–H and O–H groups in total. The monoisotopic (exact) mass is 358 g/mol. The number of carbonyl (C=O) groups is 2. The van der Waals surface area contributed by atoms with Gasteiger partial charge in [0.1, 0.15) is 0 Å². The molecule has 1 aliphatic rings. The number of rotatable bonds is 5. The van der Waals surface area contributed by atoms with Crippen LogP contribution in [0.25, 0.3) is 0 Å². The third-order valence-corrected chi connectivity index (χ3v) is 6.33. The van der Waals surface area contributed by atoms with Gasteiger partial charge in [-0.05, 0) is 24.3 Å². The molecule has 0 aliphatic carbocycles. The SMILES string of the molecule is CC(=O)SCC(=O)c1ccc(NS(=O)(=O)C2=NCCS2)cc1. The van der Waals surface area contributed by atoms with Gasteiger partial charge in [-0.25, -0.2) is 0 Å². The second-order valence-corrected chi connectivity index (χ2v) is 8.47. The van der Waals surface area contributed by atoms with Gasteiger partial charge >= 0.3 is 0 Å². The number of sulfonamides is 1. The molecule has 1 aromatic carbocycles. The van der Waals surface area contributed by atoms with Gasteiger partial charge in [0.2, 0.25) is 4.38 Å². The fourth-order valence-corrected chi connectivity index (χ4v) is 4.48. The van der Waals surface area contributed by atoms with E-state index in [2.05, 4.69) is 9.71 Å². The van der Waals surface area contributed by atoms with E-state index >= 15 is 0 Å². The predicted molar refractivity (Wildman–Crippen MR) is 91.2 cm³/mol. The van der Waals surface area contributed by atoms with Gasteiger partial charge in [-0.15, -0.1) is 0 Å². The number of nitrogens with one attached hydrogen (secondary N) is 1. The molecule has 0 amide bonds. The molecule has 6 nitrogen and oxygen atoms in total. The van der Waals surface area contributed by atoms with Gasteiger partial charge in [-0.1, -0.05) is 23.5 Å². The zero-order valence-electron chi connectivity index (χ0n) is 11.7. The molecule has 22 heavy (non-hydrogen) atoms. The number of thioether (sulfide) groups is 2. The number of nitrogens with zero attached hydrogens (tertiary/aromatic N) is 1. The molecule has 0 saturated carbocycles. The second-order valence-electron chi connectivity index (χ2n) is 4.38. The summed E-state index contributed by atoms with van der Waals surface area (Å²) in [4.78, 5) is 26.6. The molecule has 0 aromatic heterocycles. The summed E-state index contributed by atoms with van der Waals surface area (Å²) in [7, 11) is -3.64.